The van der Waals surface area contributed by atoms with Crippen LogP contribution in [0.5, 0.6) is 23.0 Å². The van der Waals surface area contributed by atoms with Crippen molar-refractivity contribution >= 4 is 5.69 Å². The summed E-state index contributed by atoms with van der Waals surface area (Å²) in [7, 11) is 0. The molecule has 2 heterocycles. The first-order valence-electron chi connectivity index (χ1n) is 7.87. The van der Waals surface area contributed by atoms with Crippen molar-refractivity contribution in [3.63, 3.8) is 0 Å². The van der Waals surface area contributed by atoms with Crippen LogP contribution in [0.3, 0.4) is 0 Å². The van der Waals surface area contributed by atoms with E-state index in [9.17, 15) is 10.1 Å². The van der Waals surface area contributed by atoms with E-state index < -0.39 is 4.92 Å². The van der Waals surface area contributed by atoms with Crippen LogP contribution in [0, 0.1) is 10.1 Å². The average molecular weight is 344 g/mol. The predicted octanol–water partition coefficient (Wildman–Crippen LogP) is 2.25. The fourth-order valence-electron chi connectivity index (χ4n) is 2.82. The van der Waals surface area contributed by atoms with E-state index in [2.05, 4.69) is 5.32 Å². The number of rotatable bonds is 5. The Hall–Kier alpha value is -3.00. The van der Waals surface area contributed by atoms with Gasteiger partial charge in [0.2, 0.25) is 6.79 Å². The highest BCUT2D eigenvalue weighted by molar-refractivity contribution is 5.55. The second kappa shape index (κ2) is 6.48. The van der Waals surface area contributed by atoms with Gasteiger partial charge in [-0.15, -0.1) is 0 Å². The minimum absolute atomic E-state index is 0.00269. The summed E-state index contributed by atoms with van der Waals surface area (Å²) in [5.41, 5.74) is 0.536. The second-order valence-electron chi connectivity index (χ2n) is 5.72. The number of benzene rings is 2. The van der Waals surface area contributed by atoms with Crippen LogP contribution in [0.25, 0.3) is 0 Å². The average Bonchev–Trinajstić information content (AvgIpc) is 3.08. The number of nitrogens with zero attached hydrogens (tertiary/aromatic N) is 1. The molecule has 130 valence electrons. The van der Waals surface area contributed by atoms with Crippen LogP contribution < -0.4 is 24.3 Å². The van der Waals surface area contributed by atoms with Crippen LogP contribution in [0.1, 0.15) is 5.56 Å². The largest absolute Gasteiger partial charge is 0.486 e. The Morgan fingerprint density at radius 1 is 1.08 bits per heavy atom. The summed E-state index contributed by atoms with van der Waals surface area (Å²) in [6, 6.07) is 10.5. The summed E-state index contributed by atoms with van der Waals surface area (Å²) in [6.07, 6.45) is -0.164. The van der Waals surface area contributed by atoms with Crippen molar-refractivity contribution in [3.05, 3.63) is 52.1 Å². The number of para-hydroxylation sites is 2. The fourth-order valence-corrected chi connectivity index (χ4v) is 2.82. The smallest absolute Gasteiger partial charge is 0.277 e. The number of hydrogen-bond donors (Lipinski definition) is 1. The predicted molar refractivity (Wildman–Crippen MR) is 87.3 cm³/mol. The molecule has 0 spiro atoms. The Kier molecular flexibility index (Phi) is 4.02. The zero-order chi connectivity index (χ0) is 17.2. The molecule has 0 bridgehead atoms. The molecule has 0 aromatic heterocycles. The quantitative estimate of drug-likeness (QED) is 0.657. The lowest BCUT2D eigenvalue weighted by Crippen LogP contribution is -2.38. The summed E-state index contributed by atoms with van der Waals surface area (Å²) in [4.78, 5) is 10.8. The molecule has 1 N–H and O–H groups in total. The molecule has 0 aliphatic carbocycles. The van der Waals surface area contributed by atoms with Crippen molar-refractivity contribution in [3.8, 4) is 23.0 Å². The van der Waals surface area contributed by atoms with E-state index >= 15 is 0 Å². The lowest BCUT2D eigenvalue weighted by molar-refractivity contribution is -0.385. The molecule has 0 fully saturated rings. The van der Waals surface area contributed by atoms with E-state index in [1.165, 1.54) is 6.07 Å². The van der Waals surface area contributed by atoms with Crippen molar-refractivity contribution in [1.82, 2.24) is 5.32 Å². The molecule has 4 rings (SSSR count). The molecule has 0 saturated heterocycles. The first-order chi connectivity index (χ1) is 12.2. The van der Waals surface area contributed by atoms with Gasteiger partial charge in [-0.1, -0.05) is 12.1 Å². The van der Waals surface area contributed by atoms with Crippen molar-refractivity contribution < 1.29 is 23.9 Å². The van der Waals surface area contributed by atoms with E-state index in [0.29, 0.717) is 42.5 Å². The number of ether oxygens (including phenoxy) is 4. The number of fused-ring (bicyclic) bond motifs is 2. The molecule has 2 aromatic rings. The van der Waals surface area contributed by atoms with Gasteiger partial charge in [0.1, 0.15) is 12.7 Å². The highest BCUT2D eigenvalue weighted by Crippen LogP contribution is 2.38. The lowest BCUT2D eigenvalue weighted by Gasteiger charge is -2.26. The molecule has 25 heavy (non-hydrogen) atoms. The molecule has 0 unspecified atom stereocenters. The zero-order valence-corrected chi connectivity index (χ0v) is 13.3. The minimum Gasteiger partial charge on any atom is -0.486 e. The first kappa shape index (κ1) is 15.5. The van der Waals surface area contributed by atoms with Crippen molar-refractivity contribution in [2.24, 2.45) is 0 Å². The number of hydrogen-bond acceptors (Lipinski definition) is 7. The highest BCUT2D eigenvalue weighted by Gasteiger charge is 2.24. The van der Waals surface area contributed by atoms with E-state index in [0.717, 1.165) is 5.75 Å². The van der Waals surface area contributed by atoms with Crippen LogP contribution in [0.2, 0.25) is 0 Å². The first-order valence-corrected chi connectivity index (χ1v) is 7.87. The molecule has 0 amide bonds. The molecule has 0 radical (unpaired) electrons. The molecule has 8 heteroatoms. The maximum Gasteiger partial charge on any atom is 0.277 e. The van der Waals surface area contributed by atoms with Gasteiger partial charge < -0.3 is 24.3 Å². The summed E-state index contributed by atoms with van der Waals surface area (Å²) in [5, 5.41) is 14.4. The van der Waals surface area contributed by atoms with Crippen LogP contribution in [0.15, 0.2) is 36.4 Å². The van der Waals surface area contributed by atoms with Gasteiger partial charge in [-0.3, -0.25) is 10.1 Å². The Bertz CT molecular complexity index is 810. The molecule has 2 aliphatic rings. The van der Waals surface area contributed by atoms with Crippen molar-refractivity contribution in [2.75, 3.05) is 19.9 Å². The minimum atomic E-state index is -0.421. The summed E-state index contributed by atoms with van der Waals surface area (Å²) in [5.74, 6) is 2.35. The van der Waals surface area contributed by atoms with Gasteiger partial charge in [-0.05, 0) is 18.2 Å². The molecular formula is C17H16N2O6. The third-order valence-electron chi connectivity index (χ3n) is 4.03. The summed E-state index contributed by atoms with van der Waals surface area (Å²) < 4.78 is 22.0. The summed E-state index contributed by atoms with van der Waals surface area (Å²) >= 11 is 0. The van der Waals surface area contributed by atoms with Crippen molar-refractivity contribution in [1.29, 1.82) is 0 Å². The molecule has 0 saturated carbocycles. The number of nitro groups is 1. The Labute approximate surface area is 143 Å². The second-order valence-corrected chi connectivity index (χ2v) is 5.72. The standard InChI is InChI=1S/C17H16N2O6/c20-19(21)13-6-17-16(23-10-24-17)5-11(13)7-18-8-12-9-22-14-3-1-2-4-15(14)25-12/h1-6,12,18H,7-10H2/t12-/m1/s1. The molecule has 2 aromatic carbocycles. The van der Waals surface area contributed by atoms with Crippen LogP contribution >= 0.6 is 0 Å². The van der Waals surface area contributed by atoms with E-state index in [1.807, 2.05) is 24.3 Å². The van der Waals surface area contributed by atoms with E-state index in [4.69, 9.17) is 18.9 Å². The maximum atomic E-state index is 11.3. The van der Waals surface area contributed by atoms with Crippen LogP contribution in [-0.2, 0) is 6.54 Å². The molecule has 1 atom stereocenters. The van der Waals surface area contributed by atoms with Gasteiger partial charge in [0.15, 0.2) is 23.0 Å². The molecule has 8 nitrogen and oxygen atoms in total. The monoisotopic (exact) mass is 344 g/mol. The van der Waals surface area contributed by atoms with Crippen LogP contribution in [0.4, 0.5) is 5.69 Å². The summed E-state index contributed by atoms with van der Waals surface area (Å²) in [6.45, 7) is 1.32. The van der Waals surface area contributed by atoms with Gasteiger partial charge in [0.05, 0.1) is 11.0 Å². The highest BCUT2D eigenvalue weighted by atomic mass is 16.7. The van der Waals surface area contributed by atoms with Crippen LogP contribution in [-0.4, -0.2) is 31.0 Å². The third-order valence-corrected chi connectivity index (χ3v) is 4.03. The molecular weight excluding hydrogens is 328 g/mol. The number of nitrogens with one attached hydrogen (secondary N) is 1. The Morgan fingerprint density at radius 2 is 1.84 bits per heavy atom. The third kappa shape index (κ3) is 3.16. The van der Waals surface area contributed by atoms with Gasteiger partial charge in [-0.25, -0.2) is 0 Å². The van der Waals surface area contributed by atoms with Gasteiger partial charge in [-0.2, -0.15) is 0 Å². The van der Waals surface area contributed by atoms with Gasteiger partial charge in [0, 0.05) is 18.7 Å². The maximum absolute atomic E-state index is 11.3. The van der Waals surface area contributed by atoms with E-state index in [1.54, 1.807) is 6.07 Å². The molecule has 2 aliphatic heterocycles. The SMILES string of the molecule is O=[N+]([O-])c1cc2c(cc1CNC[C@@H]1COc3ccccc3O1)OCO2. The topological polar surface area (TPSA) is 92.1 Å². The lowest BCUT2D eigenvalue weighted by atomic mass is 10.1. The van der Waals surface area contributed by atoms with Crippen molar-refractivity contribution in [2.45, 2.75) is 12.6 Å². The Morgan fingerprint density at radius 3 is 2.64 bits per heavy atom. The fraction of sp³-hybridized carbons (Fsp3) is 0.294. The van der Waals surface area contributed by atoms with Gasteiger partial charge in [0.25, 0.3) is 5.69 Å². The number of nitro benzene ring substituents is 1. The zero-order valence-electron chi connectivity index (χ0n) is 13.3. The van der Waals surface area contributed by atoms with Gasteiger partial charge >= 0.3 is 0 Å². The van der Waals surface area contributed by atoms with E-state index in [-0.39, 0.29) is 18.6 Å². The Balaban J connectivity index is 1.40. The normalized spacial score (nSPS) is 17.4.